The molecule has 138 valence electrons. The third kappa shape index (κ3) is 4.54. The summed E-state index contributed by atoms with van der Waals surface area (Å²) in [6.45, 7) is -0.337. The maximum atomic E-state index is 13.0. The summed E-state index contributed by atoms with van der Waals surface area (Å²) in [5, 5.41) is 3.01. The van der Waals surface area contributed by atoms with Crippen molar-refractivity contribution in [3.8, 4) is 11.5 Å². The van der Waals surface area contributed by atoms with Crippen molar-refractivity contribution in [3.05, 3.63) is 60.2 Å². The number of ether oxygens (including phenoxy) is 1. The molecule has 2 aromatic rings. The fraction of sp³-hybridized carbons (Fsp3) is 0.316. The maximum Gasteiger partial charge on any atom is 0.406 e. The van der Waals surface area contributed by atoms with Gasteiger partial charge in [-0.05, 0) is 37.2 Å². The number of hydrogen-bond donors (Lipinski definition) is 1. The van der Waals surface area contributed by atoms with Crippen LogP contribution in [-0.4, -0.2) is 42.7 Å². The molecule has 0 spiro atoms. The number of alkyl halides is 3. The molecule has 0 aliphatic carbocycles. The number of halogens is 3. The molecule has 1 aliphatic heterocycles. The number of nitrogens with one attached hydrogen (secondary N) is 1. The van der Waals surface area contributed by atoms with Crippen molar-refractivity contribution < 1.29 is 22.7 Å². The monoisotopic (exact) mass is 364 g/mol. The minimum absolute atomic E-state index is 0.118. The molecule has 1 amide bonds. The van der Waals surface area contributed by atoms with Crippen molar-refractivity contribution in [1.29, 1.82) is 0 Å². The van der Waals surface area contributed by atoms with Crippen molar-refractivity contribution in [3.63, 3.8) is 0 Å². The first kappa shape index (κ1) is 18.3. The molecule has 4 nitrogen and oxygen atoms in total. The van der Waals surface area contributed by atoms with Crippen LogP contribution in [0.25, 0.3) is 0 Å². The molecule has 1 saturated heterocycles. The van der Waals surface area contributed by atoms with E-state index in [1.54, 1.807) is 42.5 Å². The standard InChI is InChI=1S/C19H19F3N2O2/c20-19(21,22)13-24(14-10-11-23-12-14)18(25)16-8-4-5-9-17(16)26-15-6-2-1-3-7-15/h1-9,14,23H,10-13H2/t14-/m0/s1. The minimum atomic E-state index is -4.46. The molecular formula is C19H19F3N2O2. The quantitative estimate of drug-likeness (QED) is 0.876. The third-order valence-electron chi connectivity index (χ3n) is 4.17. The number of para-hydroxylation sites is 2. The number of carbonyl (C=O) groups is 1. The zero-order chi connectivity index (χ0) is 18.6. The molecule has 0 saturated carbocycles. The number of nitrogens with zero attached hydrogens (tertiary/aromatic N) is 1. The zero-order valence-electron chi connectivity index (χ0n) is 14.0. The molecule has 26 heavy (non-hydrogen) atoms. The van der Waals surface area contributed by atoms with E-state index in [0.717, 1.165) is 4.90 Å². The smallest absolute Gasteiger partial charge is 0.406 e. The Kier molecular flexibility index (Phi) is 5.46. The van der Waals surface area contributed by atoms with Gasteiger partial charge in [0.25, 0.3) is 5.91 Å². The number of benzene rings is 2. The van der Waals surface area contributed by atoms with Crippen LogP contribution >= 0.6 is 0 Å². The van der Waals surface area contributed by atoms with Crippen LogP contribution in [0.5, 0.6) is 11.5 Å². The molecule has 3 rings (SSSR count). The topological polar surface area (TPSA) is 41.6 Å². The second kappa shape index (κ2) is 7.78. The summed E-state index contributed by atoms with van der Waals surface area (Å²) in [5.74, 6) is 0.0713. The first-order valence-electron chi connectivity index (χ1n) is 8.34. The maximum absolute atomic E-state index is 13.0. The van der Waals surface area contributed by atoms with E-state index in [1.165, 1.54) is 6.07 Å². The van der Waals surface area contributed by atoms with Crippen molar-refractivity contribution in [2.45, 2.75) is 18.6 Å². The summed E-state index contributed by atoms with van der Waals surface area (Å²) in [7, 11) is 0. The highest BCUT2D eigenvalue weighted by Crippen LogP contribution is 2.29. The van der Waals surface area contributed by atoms with E-state index in [9.17, 15) is 18.0 Å². The van der Waals surface area contributed by atoms with Crippen molar-refractivity contribution in [2.24, 2.45) is 0 Å². The van der Waals surface area contributed by atoms with Crippen LogP contribution in [0.4, 0.5) is 13.2 Å². The lowest BCUT2D eigenvalue weighted by Gasteiger charge is -2.30. The molecule has 0 unspecified atom stereocenters. The molecule has 1 heterocycles. The number of hydrogen-bond acceptors (Lipinski definition) is 3. The number of rotatable bonds is 5. The Balaban J connectivity index is 1.89. The van der Waals surface area contributed by atoms with Crippen LogP contribution < -0.4 is 10.1 Å². The van der Waals surface area contributed by atoms with Crippen LogP contribution in [0.1, 0.15) is 16.8 Å². The van der Waals surface area contributed by atoms with E-state index >= 15 is 0 Å². The van der Waals surface area contributed by atoms with Crippen LogP contribution in [0.3, 0.4) is 0 Å². The van der Waals surface area contributed by atoms with Gasteiger partial charge in [-0.3, -0.25) is 4.79 Å². The molecular weight excluding hydrogens is 345 g/mol. The van der Waals surface area contributed by atoms with E-state index in [-0.39, 0.29) is 11.3 Å². The van der Waals surface area contributed by atoms with E-state index in [2.05, 4.69) is 5.32 Å². The van der Waals surface area contributed by atoms with Crippen LogP contribution in [0.15, 0.2) is 54.6 Å². The Morgan fingerprint density at radius 3 is 2.46 bits per heavy atom. The lowest BCUT2D eigenvalue weighted by molar-refractivity contribution is -0.144. The fourth-order valence-electron chi connectivity index (χ4n) is 2.97. The summed E-state index contributed by atoms with van der Waals surface area (Å²) in [5.41, 5.74) is 0.118. The normalized spacial score (nSPS) is 17.1. The van der Waals surface area contributed by atoms with E-state index in [4.69, 9.17) is 4.74 Å². The third-order valence-corrected chi connectivity index (χ3v) is 4.17. The minimum Gasteiger partial charge on any atom is -0.457 e. The van der Waals surface area contributed by atoms with Crippen LogP contribution in [-0.2, 0) is 0 Å². The van der Waals surface area contributed by atoms with Crippen LogP contribution in [0.2, 0.25) is 0 Å². The molecule has 0 radical (unpaired) electrons. The lowest BCUT2D eigenvalue weighted by atomic mass is 10.1. The molecule has 7 heteroatoms. The van der Waals surface area contributed by atoms with Crippen molar-refractivity contribution in [1.82, 2.24) is 10.2 Å². The average Bonchev–Trinajstić information content (AvgIpc) is 3.14. The predicted molar refractivity (Wildman–Crippen MR) is 91.3 cm³/mol. The Labute approximate surface area is 149 Å². The summed E-state index contributed by atoms with van der Waals surface area (Å²) in [6.07, 6.45) is -3.98. The van der Waals surface area contributed by atoms with Gasteiger partial charge in [-0.1, -0.05) is 30.3 Å². The highest BCUT2D eigenvalue weighted by Gasteiger charge is 2.38. The lowest BCUT2D eigenvalue weighted by Crippen LogP contribution is -2.46. The largest absolute Gasteiger partial charge is 0.457 e. The molecule has 1 atom stereocenters. The van der Waals surface area contributed by atoms with Crippen LogP contribution in [0, 0.1) is 0 Å². The van der Waals surface area contributed by atoms with Gasteiger partial charge in [-0.15, -0.1) is 0 Å². The SMILES string of the molecule is O=C(c1ccccc1Oc1ccccc1)N(CC(F)(F)F)[C@H]1CCNC1. The number of carbonyl (C=O) groups excluding carboxylic acids is 1. The fourth-order valence-corrected chi connectivity index (χ4v) is 2.97. The first-order chi connectivity index (χ1) is 12.4. The van der Waals surface area contributed by atoms with Gasteiger partial charge in [0.05, 0.1) is 5.56 Å². The Hall–Kier alpha value is -2.54. The summed E-state index contributed by atoms with van der Waals surface area (Å²) in [4.78, 5) is 13.8. The molecule has 1 aliphatic rings. The highest BCUT2D eigenvalue weighted by atomic mass is 19.4. The molecule has 2 aromatic carbocycles. The Bertz CT molecular complexity index is 744. The van der Waals surface area contributed by atoms with E-state index < -0.39 is 24.7 Å². The van der Waals surface area contributed by atoms with Gasteiger partial charge in [0.1, 0.15) is 18.0 Å². The van der Waals surface area contributed by atoms with Crippen molar-refractivity contribution in [2.75, 3.05) is 19.6 Å². The van der Waals surface area contributed by atoms with Crippen molar-refractivity contribution >= 4 is 5.91 Å². The molecule has 0 aromatic heterocycles. The van der Waals surface area contributed by atoms with Gasteiger partial charge in [0.15, 0.2) is 0 Å². The number of amides is 1. The van der Waals surface area contributed by atoms with Gasteiger partial charge in [0.2, 0.25) is 0 Å². The summed E-state index contributed by atoms with van der Waals surface area (Å²) < 4.78 is 44.8. The average molecular weight is 364 g/mol. The first-order valence-corrected chi connectivity index (χ1v) is 8.34. The second-order valence-corrected chi connectivity index (χ2v) is 6.11. The Morgan fingerprint density at radius 1 is 1.12 bits per heavy atom. The molecule has 1 fully saturated rings. The van der Waals surface area contributed by atoms with Gasteiger partial charge in [-0.2, -0.15) is 13.2 Å². The summed E-state index contributed by atoms with van der Waals surface area (Å²) >= 11 is 0. The zero-order valence-corrected chi connectivity index (χ0v) is 14.0. The summed E-state index contributed by atoms with van der Waals surface area (Å²) in [6, 6.07) is 14.7. The van der Waals surface area contributed by atoms with Gasteiger partial charge >= 0.3 is 6.18 Å². The van der Waals surface area contributed by atoms with E-state index in [1.807, 2.05) is 6.07 Å². The van der Waals surface area contributed by atoms with Gasteiger partial charge in [0, 0.05) is 12.6 Å². The Morgan fingerprint density at radius 2 is 1.81 bits per heavy atom. The molecule has 0 bridgehead atoms. The van der Waals surface area contributed by atoms with Gasteiger partial charge < -0.3 is 15.0 Å². The highest BCUT2D eigenvalue weighted by molar-refractivity contribution is 5.97. The molecule has 1 N–H and O–H groups in total. The van der Waals surface area contributed by atoms with Gasteiger partial charge in [-0.25, -0.2) is 0 Å². The second-order valence-electron chi connectivity index (χ2n) is 6.11. The predicted octanol–water partition coefficient (Wildman–Crippen LogP) is 3.85. The van der Waals surface area contributed by atoms with E-state index in [0.29, 0.717) is 25.3 Å².